The number of nitrogens with zero attached hydrogens (tertiary/aromatic N) is 1. The molecule has 1 aromatic carbocycles. The first kappa shape index (κ1) is 15.9. The molecule has 4 heteroatoms. The summed E-state index contributed by atoms with van der Waals surface area (Å²) < 4.78 is 18.8. The summed E-state index contributed by atoms with van der Waals surface area (Å²) in [6, 6.07) is 5.09. The molecule has 3 nitrogen and oxygen atoms in total. The first-order valence-electron chi connectivity index (χ1n) is 6.91. The van der Waals surface area contributed by atoms with Gasteiger partial charge in [0.05, 0.1) is 6.61 Å². The molecule has 1 rings (SSSR count). The molecular weight excluding hydrogens is 243 g/mol. The molecule has 0 bridgehead atoms. The van der Waals surface area contributed by atoms with Crippen molar-refractivity contribution in [3.05, 3.63) is 29.6 Å². The molecule has 0 heterocycles. The summed E-state index contributed by atoms with van der Waals surface area (Å²) in [5.41, 5.74) is 2.04. The molecule has 0 radical (unpaired) electrons. The first-order valence-corrected chi connectivity index (χ1v) is 6.91. The van der Waals surface area contributed by atoms with Crippen molar-refractivity contribution in [3.8, 4) is 0 Å². The molecule has 1 unspecified atom stereocenters. The van der Waals surface area contributed by atoms with Gasteiger partial charge in [-0.3, -0.25) is 0 Å². The monoisotopic (exact) mass is 268 g/mol. The molecule has 0 fully saturated rings. The zero-order chi connectivity index (χ0) is 14.3. The van der Waals surface area contributed by atoms with Crippen LogP contribution in [-0.2, 0) is 4.74 Å². The van der Waals surface area contributed by atoms with Crippen LogP contribution in [0.4, 0.5) is 10.1 Å². The van der Waals surface area contributed by atoms with E-state index in [-0.39, 0.29) is 11.9 Å². The smallest absolute Gasteiger partial charge is 0.123 e. The van der Waals surface area contributed by atoms with Crippen molar-refractivity contribution >= 4 is 5.69 Å². The number of anilines is 1. The number of likely N-dealkylation sites (N-methyl/N-ethyl adjacent to an activating group) is 1. The van der Waals surface area contributed by atoms with Gasteiger partial charge in [0.25, 0.3) is 0 Å². The highest BCUT2D eigenvalue weighted by Gasteiger charge is 2.13. The lowest BCUT2D eigenvalue weighted by Crippen LogP contribution is -2.26. The van der Waals surface area contributed by atoms with Crippen molar-refractivity contribution < 1.29 is 9.13 Å². The Morgan fingerprint density at radius 3 is 2.74 bits per heavy atom. The maximum atomic E-state index is 13.4. The van der Waals surface area contributed by atoms with Crippen LogP contribution in [0.1, 0.15) is 32.4 Å². The summed E-state index contributed by atoms with van der Waals surface area (Å²) in [7, 11) is 2.01. The van der Waals surface area contributed by atoms with Gasteiger partial charge in [-0.05, 0) is 44.2 Å². The van der Waals surface area contributed by atoms with Crippen LogP contribution in [0.15, 0.2) is 18.2 Å². The molecule has 0 aliphatic carbocycles. The normalized spacial score (nSPS) is 12.5. The molecule has 1 N–H and O–H groups in total. The number of nitrogens with one attached hydrogen (secondary N) is 1. The third-order valence-corrected chi connectivity index (χ3v) is 3.15. The van der Waals surface area contributed by atoms with Gasteiger partial charge in [-0.2, -0.15) is 0 Å². The molecular formula is C15H25FN2O. The van der Waals surface area contributed by atoms with Crippen LogP contribution in [0.5, 0.6) is 0 Å². The van der Waals surface area contributed by atoms with E-state index < -0.39 is 0 Å². The van der Waals surface area contributed by atoms with E-state index in [2.05, 4.69) is 17.1 Å². The minimum atomic E-state index is -0.193. The molecule has 1 aromatic rings. The molecule has 0 saturated heterocycles. The van der Waals surface area contributed by atoms with E-state index in [9.17, 15) is 4.39 Å². The highest BCUT2D eigenvalue weighted by molar-refractivity contribution is 5.54. The van der Waals surface area contributed by atoms with Crippen molar-refractivity contribution in [1.29, 1.82) is 0 Å². The van der Waals surface area contributed by atoms with E-state index in [4.69, 9.17) is 4.74 Å². The highest BCUT2D eigenvalue weighted by atomic mass is 19.1. The van der Waals surface area contributed by atoms with E-state index in [1.807, 2.05) is 27.0 Å². The summed E-state index contributed by atoms with van der Waals surface area (Å²) in [5.74, 6) is -0.193. The van der Waals surface area contributed by atoms with E-state index >= 15 is 0 Å². The molecule has 1 atom stereocenters. The Hall–Kier alpha value is -1.13. The Kier molecular flexibility index (Phi) is 6.81. The van der Waals surface area contributed by atoms with Crippen LogP contribution in [0.2, 0.25) is 0 Å². The van der Waals surface area contributed by atoms with Crippen molar-refractivity contribution in [2.24, 2.45) is 0 Å². The summed E-state index contributed by atoms with van der Waals surface area (Å²) in [5, 5.41) is 3.33. The fraction of sp³-hybridized carbons (Fsp3) is 0.600. The SMILES string of the molecule is CCNC(C)c1cc(F)ccc1N(C)CCOCC. The molecule has 0 aliphatic rings. The quantitative estimate of drug-likeness (QED) is 0.734. The maximum absolute atomic E-state index is 13.4. The molecule has 0 saturated carbocycles. The third kappa shape index (κ3) is 4.80. The van der Waals surface area contributed by atoms with E-state index in [1.54, 1.807) is 6.07 Å². The summed E-state index contributed by atoms with van der Waals surface area (Å²) in [6.07, 6.45) is 0. The number of hydrogen-bond acceptors (Lipinski definition) is 3. The summed E-state index contributed by atoms with van der Waals surface area (Å²) in [4.78, 5) is 2.11. The van der Waals surface area contributed by atoms with Gasteiger partial charge in [-0.25, -0.2) is 4.39 Å². The highest BCUT2D eigenvalue weighted by Crippen LogP contribution is 2.26. The molecule has 0 aliphatic heterocycles. The Balaban J connectivity index is 2.86. The predicted octanol–water partition coefficient (Wildman–Crippen LogP) is 2.97. The Morgan fingerprint density at radius 2 is 2.11 bits per heavy atom. The van der Waals surface area contributed by atoms with Crippen LogP contribution in [0.3, 0.4) is 0 Å². The lowest BCUT2D eigenvalue weighted by atomic mass is 10.0. The van der Waals surface area contributed by atoms with Crippen LogP contribution >= 0.6 is 0 Å². The number of hydrogen-bond donors (Lipinski definition) is 1. The van der Waals surface area contributed by atoms with Crippen LogP contribution < -0.4 is 10.2 Å². The minimum absolute atomic E-state index is 0.130. The van der Waals surface area contributed by atoms with Crippen LogP contribution in [0.25, 0.3) is 0 Å². The maximum Gasteiger partial charge on any atom is 0.123 e. The zero-order valence-corrected chi connectivity index (χ0v) is 12.4. The van der Waals surface area contributed by atoms with E-state index in [0.717, 1.165) is 30.9 Å². The van der Waals surface area contributed by atoms with Gasteiger partial charge in [0.15, 0.2) is 0 Å². The summed E-state index contributed by atoms with van der Waals surface area (Å²) in [6.45, 7) is 9.14. The van der Waals surface area contributed by atoms with Gasteiger partial charge in [-0.1, -0.05) is 6.92 Å². The minimum Gasteiger partial charge on any atom is -0.380 e. The second kappa shape index (κ2) is 8.12. The van der Waals surface area contributed by atoms with Gasteiger partial charge in [0.1, 0.15) is 5.82 Å². The molecule has 0 spiro atoms. The number of benzene rings is 1. The Labute approximate surface area is 115 Å². The molecule has 0 amide bonds. The second-order valence-electron chi connectivity index (χ2n) is 4.60. The molecule has 19 heavy (non-hydrogen) atoms. The average Bonchev–Trinajstić information content (AvgIpc) is 2.39. The standard InChI is InChI=1S/C15H25FN2O/c1-5-17-12(3)14-11-13(16)7-8-15(14)18(4)9-10-19-6-2/h7-8,11-12,17H,5-6,9-10H2,1-4H3. The Morgan fingerprint density at radius 1 is 1.37 bits per heavy atom. The van der Waals surface area contributed by atoms with Gasteiger partial charge in [-0.15, -0.1) is 0 Å². The number of rotatable bonds is 8. The van der Waals surface area contributed by atoms with Crippen molar-refractivity contribution in [2.45, 2.75) is 26.8 Å². The molecule has 0 aromatic heterocycles. The van der Waals surface area contributed by atoms with Gasteiger partial charge >= 0.3 is 0 Å². The number of halogens is 1. The summed E-state index contributed by atoms with van der Waals surface area (Å²) >= 11 is 0. The fourth-order valence-electron chi connectivity index (χ4n) is 2.10. The topological polar surface area (TPSA) is 24.5 Å². The Bertz CT molecular complexity index is 384. The van der Waals surface area contributed by atoms with Gasteiger partial charge in [0, 0.05) is 31.9 Å². The zero-order valence-electron chi connectivity index (χ0n) is 12.4. The van der Waals surface area contributed by atoms with E-state index in [1.165, 1.54) is 6.07 Å². The van der Waals surface area contributed by atoms with Crippen LogP contribution in [-0.4, -0.2) is 33.4 Å². The predicted molar refractivity (Wildman–Crippen MR) is 78.3 cm³/mol. The van der Waals surface area contributed by atoms with Gasteiger partial charge in [0.2, 0.25) is 0 Å². The lowest BCUT2D eigenvalue weighted by molar-refractivity contribution is 0.154. The first-order chi connectivity index (χ1) is 9.10. The molecule has 108 valence electrons. The van der Waals surface area contributed by atoms with Crippen molar-refractivity contribution in [3.63, 3.8) is 0 Å². The number of ether oxygens (including phenoxy) is 1. The largest absolute Gasteiger partial charge is 0.380 e. The van der Waals surface area contributed by atoms with E-state index in [0.29, 0.717) is 6.61 Å². The lowest BCUT2D eigenvalue weighted by Gasteiger charge is -2.25. The third-order valence-electron chi connectivity index (χ3n) is 3.15. The fourth-order valence-corrected chi connectivity index (χ4v) is 2.10. The van der Waals surface area contributed by atoms with Crippen molar-refractivity contribution in [2.75, 3.05) is 38.3 Å². The van der Waals surface area contributed by atoms with Gasteiger partial charge < -0.3 is 15.0 Å². The second-order valence-corrected chi connectivity index (χ2v) is 4.60. The van der Waals surface area contributed by atoms with Crippen molar-refractivity contribution in [1.82, 2.24) is 5.32 Å². The average molecular weight is 268 g/mol. The van der Waals surface area contributed by atoms with Crippen LogP contribution in [0, 0.1) is 5.82 Å².